The number of nitrogens with zero attached hydrogens (tertiary/aromatic N) is 2. The third-order valence-corrected chi connectivity index (χ3v) is 6.60. The Labute approximate surface area is 167 Å². The number of benzene rings is 2. The topological polar surface area (TPSA) is 57.7 Å². The first-order chi connectivity index (χ1) is 13.5. The lowest BCUT2D eigenvalue weighted by atomic mass is 9.96. The molecule has 1 amide bonds. The largest absolute Gasteiger partial charge is 0.341 e. The number of hydrogen-bond acceptors (Lipinski definition) is 3. The number of piperidine rings is 1. The van der Waals surface area contributed by atoms with Gasteiger partial charge in [-0.2, -0.15) is 4.31 Å². The summed E-state index contributed by atoms with van der Waals surface area (Å²) in [6.07, 6.45) is 2.72. The molecule has 1 heterocycles. The predicted molar refractivity (Wildman–Crippen MR) is 112 cm³/mol. The van der Waals surface area contributed by atoms with Crippen LogP contribution in [0.25, 0.3) is 6.08 Å². The molecule has 0 aromatic heterocycles. The van der Waals surface area contributed by atoms with E-state index in [4.69, 9.17) is 0 Å². The fourth-order valence-electron chi connectivity index (χ4n) is 3.42. The highest BCUT2D eigenvalue weighted by molar-refractivity contribution is 7.92. The molecule has 0 bridgehead atoms. The van der Waals surface area contributed by atoms with Crippen LogP contribution in [0.3, 0.4) is 0 Å². The zero-order valence-electron chi connectivity index (χ0n) is 16.1. The lowest BCUT2D eigenvalue weighted by Gasteiger charge is -2.32. The normalized spacial score (nSPS) is 16.3. The second-order valence-electron chi connectivity index (χ2n) is 7.11. The minimum Gasteiger partial charge on any atom is -0.341 e. The van der Waals surface area contributed by atoms with Crippen molar-refractivity contribution < 1.29 is 13.2 Å². The highest BCUT2D eigenvalue weighted by Gasteiger charge is 2.31. The van der Waals surface area contributed by atoms with Crippen LogP contribution in [0.2, 0.25) is 0 Å². The SMILES string of the molecule is CN(Cc1ccccc1)C(=O)C1CCN(S(=O)(=O)/C=C\c2ccccc2)CC1. The van der Waals surface area contributed by atoms with E-state index >= 15 is 0 Å². The Morgan fingerprint density at radius 1 is 1.04 bits per heavy atom. The van der Waals surface area contributed by atoms with Gasteiger partial charge in [0.05, 0.1) is 0 Å². The van der Waals surface area contributed by atoms with Crippen molar-refractivity contribution in [3.05, 3.63) is 77.2 Å². The maximum Gasteiger partial charge on any atom is 0.236 e. The average molecular weight is 399 g/mol. The Bertz CT molecular complexity index is 903. The van der Waals surface area contributed by atoms with Crippen molar-refractivity contribution in [2.24, 2.45) is 5.92 Å². The number of sulfonamides is 1. The molecule has 3 rings (SSSR count). The molecule has 1 saturated heterocycles. The molecular weight excluding hydrogens is 372 g/mol. The van der Waals surface area contributed by atoms with Crippen LogP contribution in [0.4, 0.5) is 0 Å². The van der Waals surface area contributed by atoms with E-state index < -0.39 is 10.0 Å². The molecule has 6 heteroatoms. The summed E-state index contributed by atoms with van der Waals surface area (Å²) in [5.41, 5.74) is 1.93. The summed E-state index contributed by atoms with van der Waals surface area (Å²) >= 11 is 0. The average Bonchev–Trinajstić information content (AvgIpc) is 2.73. The van der Waals surface area contributed by atoms with Crippen LogP contribution in [-0.2, 0) is 21.4 Å². The molecule has 0 aliphatic carbocycles. The zero-order valence-corrected chi connectivity index (χ0v) is 16.9. The molecule has 0 radical (unpaired) electrons. The molecule has 1 fully saturated rings. The molecule has 1 aliphatic rings. The van der Waals surface area contributed by atoms with Crippen LogP contribution in [-0.4, -0.2) is 43.7 Å². The van der Waals surface area contributed by atoms with E-state index in [9.17, 15) is 13.2 Å². The van der Waals surface area contributed by atoms with E-state index in [1.165, 1.54) is 9.71 Å². The number of carbonyl (C=O) groups excluding carboxylic acids is 1. The van der Waals surface area contributed by atoms with Crippen molar-refractivity contribution in [2.45, 2.75) is 19.4 Å². The summed E-state index contributed by atoms with van der Waals surface area (Å²) in [7, 11) is -1.66. The summed E-state index contributed by atoms with van der Waals surface area (Å²) in [6, 6.07) is 19.2. The van der Waals surface area contributed by atoms with E-state index in [-0.39, 0.29) is 11.8 Å². The minimum atomic E-state index is -3.47. The summed E-state index contributed by atoms with van der Waals surface area (Å²) in [5, 5.41) is 1.26. The van der Waals surface area contributed by atoms with Gasteiger partial charge in [-0.3, -0.25) is 4.79 Å². The van der Waals surface area contributed by atoms with Gasteiger partial charge in [0.2, 0.25) is 15.9 Å². The second-order valence-corrected chi connectivity index (χ2v) is 8.93. The van der Waals surface area contributed by atoms with E-state index in [1.54, 1.807) is 18.0 Å². The Kier molecular flexibility index (Phi) is 6.65. The maximum absolute atomic E-state index is 12.7. The molecule has 28 heavy (non-hydrogen) atoms. The number of hydrogen-bond donors (Lipinski definition) is 0. The van der Waals surface area contributed by atoms with Gasteiger partial charge in [0.15, 0.2) is 0 Å². The number of rotatable bonds is 6. The predicted octanol–water partition coefficient (Wildman–Crippen LogP) is 3.36. The van der Waals surface area contributed by atoms with Gasteiger partial charge in [-0.25, -0.2) is 8.42 Å². The first-order valence-electron chi connectivity index (χ1n) is 9.48. The van der Waals surface area contributed by atoms with Crippen molar-refractivity contribution in [3.63, 3.8) is 0 Å². The Morgan fingerprint density at radius 3 is 2.21 bits per heavy atom. The van der Waals surface area contributed by atoms with Gasteiger partial charge in [0.1, 0.15) is 0 Å². The molecule has 0 saturated carbocycles. The van der Waals surface area contributed by atoms with Crippen LogP contribution >= 0.6 is 0 Å². The van der Waals surface area contributed by atoms with Crippen LogP contribution in [0, 0.1) is 5.92 Å². The zero-order chi connectivity index (χ0) is 20.0. The minimum absolute atomic E-state index is 0.0840. The molecule has 0 spiro atoms. The van der Waals surface area contributed by atoms with Crippen molar-refractivity contribution in [2.75, 3.05) is 20.1 Å². The van der Waals surface area contributed by atoms with Gasteiger partial charge >= 0.3 is 0 Å². The number of carbonyl (C=O) groups is 1. The Balaban J connectivity index is 1.54. The molecule has 2 aromatic rings. The van der Waals surface area contributed by atoms with E-state index in [0.29, 0.717) is 32.5 Å². The third kappa shape index (κ3) is 5.30. The first-order valence-corrected chi connectivity index (χ1v) is 11.0. The maximum atomic E-state index is 12.7. The van der Waals surface area contributed by atoms with Crippen molar-refractivity contribution in [1.82, 2.24) is 9.21 Å². The Morgan fingerprint density at radius 2 is 1.61 bits per heavy atom. The second kappa shape index (κ2) is 9.17. The van der Waals surface area contributed by atoms with E-state index in [2.05, 4.69) is 0 Å². The summed E-state index contributed by atoms with van der Waals surface area (Å²) < 4.78 is 26.6. The number of amides is 1. The lowest BCUT2D eigenvalue weighted by molar-refractivity contribution is -0.135. The van der Waals surface area contributed by atoms with Gasteiger partial charge < -0.3 is 4.90 Å². The van der Waals surface area contributed by atoms with Crippen molar-refractivity contribution >= 4 is 22.0 Å². The third-order valence-electron chi connectivity index (χ3n) is 5.03. The molecule has 5 nitrogen and oxygen atoms in total. The molecule has 2 aromatic carbocycles. The standard InChI is InChI=1S/C22H26N2O3S/c1-23(18-20-10-6-3-7-11-20)22(25)21-12-15-24(16-13-21)28(26,27)17-14-19-8-4-2-5-9-19/h2-11,14,17,21H,12-13,15-16,18H2,1H3/b17-14-. The van der Waals surface area contributed by atoms with Gasteiger partial charge in [-0.1, -0.05) is 60.7 Å². The summed E-state index contributed by atoms with van der Waals surface area (Å²) in [6.45, 7) is 1.31. The summed E-state index contributed by atoms with van der Waals surface area (Å²) in [5.74, 6) is -0.0426. The van der Waals surface area contributed by atoms with Crippen LogP contribution in [0.1, 0.15) is 24.0 Å². The van der Waals surface area contributed by atoms with E-state index in [0.717, 1.165) is 11.1 Å². The molecule has 1 aliphatic heterocycles. The fraction of sp³-hybridized carbons (Fsp3) is 0.318. The van der Waals surface area contributed by atoms with Gasteiger partial charge in [0, 0.05) is 38.0 Å². The smallest absolute Gasteiger partial charge is 0.236 e. The van der Waals surface area contributed by atoms with Crippen molar-refractivity contribution in [1.29, 1.82) is 0 Å². The van der Waals surface area contributed by atoms with Crippen LogP contribution < -0.4 is 0 Å². The molecule has 0 atom stereocenters. The quantitative estimate of drug-likeness (QED) is 0.750. The van der Waals surface area contributed by atoms with E-state index in [1.807, 2.05) is 60.7 Å². The van der Waals surface area contributed by atoms with Crippen molar-refractivity contribution in [3.8, 4) is 0 Å². The van der Waals surface area contributed by atoms with Crippen LogP contribution in [0.15, 0.2) is 66.1 Å². The van der Waals surface area contributed by atoms with Gasteiger partial charge in [-0.15, -0.1) is 0 Å². The molecule has 0 unspecified atom stereocenters. The monoisotopic (exact) mass is 398 g/mol. The Hall–Kier alpha value is -2.44. The summed E-state index contributed by atoms with van der Waals surface area (Å²) in [4.78, 5) is 14.4. The highest BCUT2D eigenvalue weighted by Crippen LogP contribution is 2.23. The highest BCUT2D eigenvalue weighted by atomic mass is 32.2. The molecule has 148 valence electrons. The molecule has 0 N–H and O–H groups in total. The first kappa shape index (κ1) is 20.3. The molecular formula is C22H26N2O3S. The van der Waals surface area contributed by atoms with Gasteiger partial charge in [0.25, 0.3) is 0 Å². The van der Waals surface area contributed by atoms with Crippen LogP contribution in [0.5, 0.6) is 0 Å². The fourth-order valence-corrected chi connectivity index (χ4v) is 4.64. The lowest BCUT2D eigenvalue weighted by Crippen LogP contribution is -2.42. The van der Waals surface area contributed by atoms with Gasteiger partial charge in [-0.05, 0) is 30.0 Å².